The van der Waals surface area contributed by atoms with Gasteiger partial charge in [-0.15, -0.1) is 12.1 Å². The quantitative estimate of drug-likeness (QED) is 0.174. The van der Waals surface area contributed by atoms with Crippen molar-refractivity contribution >= 4 is 43.7 Å². The summed E-state index contributed by atoms with van der Waals surface area (Å²) < 4.78 is 9.58. The van der Waals surface area contributed by atoms with Crippen LogP contribution in [-0.4, -0.2) is 19.6 Å². The van der Waals surface area contributed by atoms with Crippen molar-refractivity contribution in [2.24, 2.45) is 0 Å². The van der Waals surface area contributed by atoms with Crippen LogP contribution in [0, 0.1) is 6.07 Å². The average Bonchev–Trinajstić information content (AvgIpc) is 3.94. The summed E-state index contributed by atoms with van der Waals surface area (Å²) in [5.41, 5.74) is 16.0. The Labute approximate surface area is 433 Å². The Morgan fingerprint density at radius 1 is 0.606 bits per heavy atom. The van der Waals surface area contributed by atoms with Gasteiger partial charge in [0.15, 0.2) is 0 Å². The van der Waals surface area contributed by atoms with Gasteiger partial charge in [-0.2, -0.15) is 0 Å². The van der Waals surface area contributed by atoms with Crippen LogP contribution in [0.5, 0.6) is 5.75 Å². The first-order chi connectivity index (χ1) is 33.0. The molecule has 0 atom stereocenters. The first-order valence-corrected chi connectivity index (χ1v) is 24.9. The molecule has 1 aliphatic carbocycles. The Balaban J connectivity index is 0.00000582. The van der Waals surface area contributed by atoms with Gasteiger partial charge in [0.1, 0.15) is 17.2 Å². The van der Waals surface area contributed by atoms with Crippen molar-refractivity contribution in [3.05, 3.63) is 167 Å². The molecule has 0 fully saturated rings. The Hall–Kier alpha value is -6.29. The maximum absolute atomic E-state index is 12.6. The minimum atomic E-state index is -0.346. The summed E-state index contributed by atoms with van der Waals surface area (Å²) in [7, 11) is 0. The van der Waals surface area contributed by atoms with E-state index in [0.29, 0.717) is 11.4 Å². The first kappa shape index (κ1) is 48.3. The summed E-state index contributed by atoms with van der Waals surface area (Å²) in [5, 5.41) is 17.0. The molecule has 1 aliphatic rings. The van der Waals surface area contributed by atoms with E-state index < -0.39 is 0 Å². The number of nitrogens with zero attached hydrogens (tertiary/aromatic N) is 3. The van der Waals surface area contributed by atoms with E-state index in [1.807, 2.05) is 6.20 Å². The van der Waals surface area contributed by atoms with Gasteiger partial charge in [-0.1, -0.05) is 204 Å². The van der Waals surface area contributed by atoms with Gasteiger partial charge in [0.2, 0.25) is 0 Å². The van der Waals surface area contributed by atoms with Crippen LogP contribution in [0.2, 0.25) is 0 Å². The van der Waals surface area contributed by atoms with Crippen LogP contribution in [0.15, 0.2) is 138 Å². The molecule has 0 saturated carbocycles. The van der Waals surface area contributed by atoms with Crippen molar-refractivity contribution in [3.63, 3.8) is 0 Å². The number of hydrogen-bond donors (Lipinski definition) is 1. The Bertz CT molecular complexity index is 3760. The van der Waals surface area contributed by atoms with Crippen molar-refractivity contribution < 1.29 is 30.6 Å². The molecule has 0 spiro atoms. The van der Waals surface area contributed by atoms with E-state index in [0.717, 1.165) is 95.1 Å². The van der Waals surface area contributed by atoms with Gasteiger partial charge in [0.25, 0.3) is 0 Å². The summed E-state index contributed by atoms with van der Waals surface area (Å²) in [5.74, 6) is 0.889. The summed E-state index contributed by atoms with van der Waals surface area (Å²) >= 11 is 0. The number of benzene rings is 7. The fraction of sp³-hybridized carbons (Fsp3) is 0.292. The second kappa shape index (κ2) is 16.6. The molecule has 0 bridgehead atoms. The summed E-state index contributed by atoms with van der Waals surface area (Å²) in [6.07, 6.45) is 3.00. The number of imidazole rings is 1. The molecule has 5 nitrogen and oxygen atoms in total. The molecule has 0 unspecified atom stereocenters. The van der Waals surface area contributed by atoms with E-state index in [1.54, 1.807) is 0 Å². The molecule has 0 radical (unpaired) electrons. The predicted molar refractivity (Wildman–Crippen MR) is 293 cm³/mol. The molecule has 6 heteroatoms. The van der Waals surface area contributed by atoms with Gasteiger partial charge in [-0.25, -0.2) is 4.98 Å². The third-order valence-corrected chi connectivity index (χ3v) is 15.1. The van der Waals surface area contributed by atoms with Crippen LogP contribution in [-0.2, 0) is 48.1 Å². The van der Waals surface area contributed by atoms with Crippen LogP contribution in [0.25, 0.3) is 94.3 Å². The third-order valence-electron chi connectivity index (χ3n) is 15.1. The number of aromatic nitrogens is 3. The van der Waals surface area contributed by atoms with Crippen LogP contribution in [0.1, 0.15) is 124 Å². The number of phenols is 1. The summed E-state index contributed by atoms with van der Waals surface area (Å²) in [4.78, 5) is 10.7. The zero-order valence-electron chi connectivity index (χ0n) is 43.4. The number of hydrogen-bond acceptors (Lipinski definition) is 4. The molecular formula is C65H64N3O2Pt-. The van der Waals surface area contributed by atoms with E-state index >= 15 is 0 Å². The molecular weight excluding hydrogens is 1050 g/mol. The Morgan fingerprint density at radius 3 is 1.99 bits per heavy atom. The number of phenolic OH excluding ortho intramolecular Hbond substituents is 1. The Morgan fingerprint density at radius 2 is 1.27 bits per heavy atom. The molecule has 0 amide bonds. The van der Waals surface area contributed by atoms with Crippen molar-refractivity contribution in [2.45, 2.75) is 124 Å². The maximum atomic E-state index is 12.6. The first-order valence-electron chi connectivity index (χ1n) is 24.9. The standard InChI is InChI=1S/C65H64N3O2.Pt/c1-61(2,3)40-30-31-66-52(36-40)39-32-47(59-48(33-39)46-27-26-43-45(58(46)70-59)28-29-50-55(43)65(12,13)37-64(50,10)11)44-23-19-25-54-56(44)67-60(49-34-41(62(4,5)6)35-51(57(49)69)63(7,8)9)68(54)53-24-18-17-22-42(53)38-20-15-14-16-21-38;/h14-31,33-36,69H,37H2,1-13H3;/q-1;. The van der Waals surface area contributed by atoms with Gasteiger partial charge >= 0.3 is 0 Å². The van der Waals surface area contributed by atoms with E-state index in [4.69, 9.17) is 14.4 Å². The predicted octanol–water partition coefficient (Wildman–Crippen LogP) is 17.5. The normalized spacial score (nSPS) is 14.7. The van der Waals surface area contributed by atoms with Crippen molar-refractivity contribution in [3.8, 4) is 56.3 Å². The number of para-hydroxylation sites is 2. The minimum absolute atomic E-state index is 0. The molecule has 362 valence electrons. The fourth-order valence-corrected chi connectivity index (χ4v) is 11.7. The van der Waals surface area contributed by atoms with Gasteiger partial charge < -0.3 is 9.52 Å². The smallest absolute Gasteiger partial charge is 0.148 e. The van der Waals surface area contributed by atoms with Gasteiger partial charge in [0.05, 0.1) is 27.9 Å². The van der Waals surface area contributed by atoms with Gasteiger partial charge in [-0.05, 0) is 96.4 Å². The molecule has 1 N–H and O–H groups in total. The van der Waals surface area contributed by atoms with Crippen LogP contribution in [0.3, 0.4) is 0 Å². The Kier molecular flexibility index (Phi) is 11.3. The van der Waals surface area contributed by atoms with Crippen molar-refractivity contribution in [1.82, 2.24) is 14.5 Å². The monoisotopic (exact) mass is 1110 g/mol. The SMILES string of the molecule is CC(C)(C)c1ccnc(-c2[c-]c(-c3cccc4c3nc(-c3cc(C(C)(C)C)cc(C(C)(C)C)c3O)n4-c3ccccc3-c3ccccc3)c3oc4c5ccc6c(c5ccc4c3c2)C(C)(C)CC6(C)C)c1.[Pt]. The maximum Gasteiger partial charge on any atom is 0.148 e. The second-order valence-corrected chi connectivity index (χ2v) is 24.3. The number of pyridine rings is 1. The molecule has 0 saturated heterocycles. The number of rotatable bonds is 5. The molecule has 7 aromatic carbocycles. The molecule has 11 rings (SSSR count). The number of aromatic hydroxyl groups is 1. The molecule has 0 aliphatic heterocycles. The van der Waals surface area contributed by atoms with Crippen LogP contribution >= 0.6 is 0 Å². The zero-order valence-corrected chi connectivity index (χ0v) is 45.7. The van der Waals surface area contributed by atoms with Gasteiger partial charge in [0, 0.05) is 54.9 Å². The fourth-order valence-electron chi connectivity index (χ4n) is 11.7. The second-order valence-electron chi connectivity index (χ2n) is 24.3. The largest absolute Gasteiger partial charge is 0.507 e. The van der Waals surface area contributed by atoms with Crippen molar-refractivity contribution in [1.29, 1.82) is 0 Å². The van der Waals surface area contributed by atoms with E-state index in [1.165, 1.54) is 22.1 Å². The van der Waals surface area contributed by atoms with E-state index in [9.17, 15) is 5.11 Å². The van der Waals surface area contributed by atoms with E-state index in [-0.39, 0.29) is 53.9 Å². The minimum Gasteiger partial charge on any atom is -0.507 e. The topological polar surface area (TPSA) is 64.1 Å². The van der Waals surface area contributed by atoms with Crippen LogP contribution < -0.4 is 0 Å². The molecule has 10 aromatic rings. The molecule has 3 heterocycles. The zero-order chi connectivity index (χ0) is 49.4. The van der Waals surface area contributed by atoms with Crippen LogP contribution in [0.4, 0.5) is 0 Å². The summed E-state index contributed by atoms with van der Waals surface area (Å²) in [6.45, 7) is 29.4. The van der Waals surface area contributed by atoms with Gasteiger partial charge in [-0.3, -0.25) is 9.55 Å². The number of furan rings is 1. The number of fused-ring (bicyclic) bond motifs is 8. The summed E-state index contributed by atoms with van der Waals surface area (Å²) in [6, 6.07) is 49.5. The molecule has 3 aromatic heterocycles. The van der Waals surface area contributed by atoms with Crippen molar-refractivity contribution in [2.75, 3.05) is 0 Å². The molecule has 71 heavy (non-hydrogen) atoms. The third kappa shape index (κ3) is 7.95. The van der Waals surface area contributed by atoms with E-state index in [2.05, 4.69) is 228 Å². The average molecular weight is 1110 g/mol.